The minimum atomic E-state index is 0.669. The Morgan fingerprint density at radius 3 is 3.27 bits per heavy atom. The summed E-state index contributed by atoms with van der Waals surface area (Å²) in [7, 11) is 0. The van der Waals surface area contributed by atoms with Gasteiger partial charge in [0.05, 0.1) is 11.6 Å². The number of pyridine rings is 1. The highest BCUT2D eigenvalue weighted by molar-refractivity contribution is 5.74. The maximum absolute atomic E-state index is 10.7. The Morgan fingerprint density at radius 1 is 1.45 bits per heavy atom. The van der Waals surface area contributed by atoms with Gasteiger partial charge in [0.15, 0.2) is 0 Å². The summed E-state index contributed by atoms with van der Waals surface area (Å²) in [6, 6.07) is 1.75. The van der Waals surface area contributed by atoms with Gasteiger partial charge in [0.1, 0.15) is 6.20 Å². The highest BCUT2D eigenvalue weighted by Crippen LogP contribution is 2.03. The predicted octanol–water partition coefficient (Wildman–Crippen LogP) is 0.263. The third-order valence-electron chi connectivity index (χ3n) is 1.41. The van der Waals surface area contributed by atoms with Gasteiger partial charge in [-0.05, 0) is 11.1 Å². The van der Waals surface area contributed by atoms with E-state index in [0.717, 1.165) is 10.9 Å². The first-order chi connectivity index (χ1) is 5.36. The van der Waals surface area contributed by atoms with Crippen LogP contribution >= 0.6 is 0 Å². The molecule has 0 aliphatic rings. The molecular formula is C7H5N3O. The largest absolute Gasteiger partial charge is 0.711 e. The van der Waals surface area contributed by atoms with Gasteiger partial charge in [-0.25, -0.2) is 4.73 Å². The number of hydrogen-bond donors (Lipinski definition) is 0. The summed E-state index contributed by atoms with van der Waals surface area (Å²) in [4.78, 5) is 7.74. The second-order valence-corrected chi connectivity index (χ2v) is 2.17. The fourth-order valence-electron chi connectivity index (χ4n) is 0.903. The molecule has 0 bridgehead atoms. The molecular weight excluding hydrogens is 142 g/mol. The van der Waals surface area contributed by atoms with Crippen LogP contribution in [-0.2, 0) is 0 Å². The Kier molecular flexibility index (Phi) is 1.18. The van der Waals surface area contributed by atoms with Crippen LogP contribution in [0.2, 0.25) is 0 Å². The lowest BCUT2D eigenvalue weighted by Crippen LogP contribution is -2.24. The van der Waals surface area contributed by atoms with Crippen molar-refractivity contribution in [3.8, 4) is 0 Å². The molecule has 2 heterocycles. The molecule has 0 aliphatic heterocycles. The zero-order valence-corrected chi connectivity index (χ0v) is 5.64. The lowest BCUT2D eigenvalue weighted by molar-refractivity contribution is -0.607. The van der Waals surface area contributed by atoms with Crippen LogP contribution in [0.25, 0.3) is 10.9 Å². The van der Waals surface area contributed by atoms with Crippen molar-refractivity contribution in [2.45, 2.75) is 0 Å². The minimum Gasteiger partial charge on any atom is -0.711 e. The lowest BCUT2D eigenvalue weighted by atomic mass is 10.3. The molecule has 2 rings (SSSR count). The summed E-state index contributed by atoms with van der Waals surface area (Å²) in [5.41, 5.74) is 0.736. The second kappa shape index (κ2) is 2.16. The first-order valence-corrected chi connectivity index (χ1v) is 3.15. The van der Waals surface area contributed by atoms with Gasteiger partial charge in [-0.2, -0.15) is 0 Å². The van der Waals surface area contributed by atoms with Crippen LogP contribution < -0.4 is 4.73 Å². The summed E-state index contributed by atoms with van der Waals surface area (Å²) in [5.74, 6) is 0. The Morgan fingerprint density at radius 2 is 2.36 bits per heavy atom. The smallest absolute Gasteiger partial charge is 0.289 e. The molecule has 0 unspecified atom stereocenters. The Hall–Kier alpha value is -1.71. The molecule has 0 saturated heterocycles. The number of nitrogens with zero attached hydrogens (tertiary/aromatic N) is 3. The van der Waals surface area contributed by atoms with Crippen molar-refractivity contribution >= 4 is 10.9 Å². The molecule has 0 aromatic carbocycles. The standard InChI is InChI=1S/C7H5N3O/c11-10-4-6-1-2-8-3-7(6)9-5-10/h1-5H. The maximum atomic E-state index is 10.7. The van der Waals surface area contributed by atoms with Gasteiger partial charge in [-0.15, -0.1) is 0 Å². The summed E-state index contributed by atoms with van der Waals surface area (Å²) in [6.45, 7) is 0. The normalized spacial score (nSPS) is 10.2. The van der Waals surface area contributed by atoms with E-state index < -0.39 is 0 Å². The van der Waals surface area contributed by atoms with Gasteiger partial charge in [-0.1, -0.05) is 0 Å². The fraction of sp³-hybridized carbons (Fsp3) is 0. The van der Waals surface area contributed by atoms with Gasteiger partial charge in [-0.3, -0.25) is 4.98 Å². The number of rotatable bonds is 0. The first kappa shape index (κ1) is 6.03. The van der Waals surface area contributed by atoms with Crippen molar-refractivity contribution in [1.29, 1.82) is 0 Å². The highest BCUT2D eigenvalue weighted by atomic mass is 16.5. The van der Waals surface area contributed by atoms with E-state index in [0.29, 0.717) is 4.73 Å². The van der Waals surface area contributed by atoms with Crippen molar-refractivity contribution in [3.05, 3.63) is 36.2 Å². The van der Waals surface area contributed by atoms with Crippen molar-refractivity contribution in [3.63, 3.8) is 0 Å². The Balaban J connectivity index is 2.83. The van der Waals surface area contributed by atoms with Crippen LogP contribution in [0.1, 0.15) is 0 Å². The quantitative estimate of drug-likeness (QED) is 0.397. The summed E-state index contributed by atoms with van der Waals surface area (Å²) >= 11 is 0. The molecule has 0 aliphatic carbocycles. The summed E-state index contributed by atoms with van der Waals surface area (Å²) in [6.07, 6.45) is 5.92. The number of aromatic nitrogens is 3. The molecule has 0 N–H and O–H groups in total. The minimum absolute atomic E-state index is 0.669. The van der Waals surface area contributed by atoms with Crippen molar-refractivity contribution in [1.82, 2.24) is 9.97 Å². The van der Waals surface area contributed by atoms with Crippen LogP contribution in [0.15, 0.2) is 31.0 Å². The monoisotopic (exact) mass is 147 g/mol. The van der Waals surface area contributed by atoms with Gasteiger partial charge < -0.3 is 5.21 Å². The molecule has 2 aromatic heterocycles. The van der Waals surface area contributed by atoms with Crippen LogP contribution in [0.3, 0.4) is 0 Å². The van der Waals surface area contributed by atoms with E-state index >= 15 is 0 Å². The fourth-order valence-corrected chi connectivity index (χ4v) is 0.903. The molecule has 0 atom stereocenters. The van der Waals surface area contributed by atoms with Crippen LogP contribution in [0.4, 0.5) is 0 Å². The van der Waals surface area contributed by atoms with Crippen molar-refractivity contribution < 1.29 is 4.73 Å². The molecule has 4 nitrogen and oxygen atoms in total. The molecule has 0 spiro atoms. The Labute approximate surface area is 62.7 Å². The Bertz CT molecular complexity index is 388. The summed E-state index contributed by atoms with van der Waals surface area (Å²) in [5, 5.41) is 11.5. The average Bonchev–Trinajstić information content (AvgIpc) is 2.04. The lowest BCUT2D eigenvalue weighted by Gasteiger charge is -1.97. The maximum Gasteiger partial charge on any atom is 0.289 e. The molecule has 0 fully saturated rings. The zero-order chi connectivity index (χ0) is 7.68. The SMILES string of the molecule is [O-][n+]1cnc2cnccc2c1. The average molecular weight is 147 g/mol. The molecule has 4 heteroatoms. The van der Waals surface area contributed by atoms with Crippen molar-refractivity contribution in [2.24, 2.45) is 0 Å². The van der Waals surface area contributed by atoms with Gasteiger partial charge in [0, 0.05) is 6.20 Å². The second-order valence-electron chi connectivity index (χ2n) is 2.17. The van der Waals surface area contributed by atoms with Crippen LogP contribution in [0.5, 0.6) is 0 Å². The molecule has 2 aromatic rings. The van der Waals surface area contributed by atoms with Gasteiger partial charge in [0.25, 0.3) is 6.33 Å². The van der Waals surface area contributed by atoms with E-state index in [-0.39, 0.29) is 0 Å². The molecule has 11 heavy (non-hydrogen) atoms. The van der Waals surface area contributed by atoms with E-state index in [1.807, 2.05) is 0 Å². The highest BCUT2D eigenvalue weighted by Gasteiger charge is 1.97. The molecule has 0 amide bonds. The van der Waals surface area contributed by atoms with E-state index in [4.69, 9.17) is 0 Å². The third kappa shape index (κ3) is 0.980. The summed E-state index contributed by atoms with van der Waals surface area (Å²) < 4.78 is 0.669. The first-order valence-electron chi connectivity index (χ1n) is 3.15. The van der Waals surface area contributed by atoms with Crippen LogP contribution in [-0.4, -0.2) is 9.97 Å². The van der Waals surface area contributed by atoms with E-state index in [1.165, 1.54) is 12.5 Å². The number of fused-ring (bicyclic) bond motifs is 1. The zero-order valence-electron chi connectivity index (χ0n) is 5.64. The molecule has 0 saturated carbocycles. The topological polar surface area (TPSA) is 52.7 Å². The van der Waals surface area contributed by atoms with E-state index in [2.05, 4.69) is 9.97 Å². The number of hydrogen-bond acceptors (Lipinski definition) is 3. The molecule has 0 radical (unpaired) electrons. The van der Waals surface area contributed by atoms with Crippen molar-refractivity contribution in [2.75, 3.05) is 0 Å². The van der Waals surface area contributed by atoms with Gasteiger partial charge in [0.2, 0.25) is 5.52 Å². The van der Waals surface area contributed by atoms with Gasteiger partial charge >= 0.3 is 0 Å². The third-order valence-corrected chi connectivity index (χ3v) is 1.41. The van der Waals surface area contributed by atoms with E-state index in [9.17, 15) is 5.21 Å². The molecule has 54 valence electrons. The van der Waals surface area contributed by atoms with Crippen LogP contribution in [0, 0.1) is 5.21 Å². The predicted molar refractivity (Wildman–Crippen MR) is 38.5 cm³/mol. The van der Waals surface area contributed by atoms with E-state index in [1.54, 1.807) is 18.5 Å².